The highest BCUT2D eigenvalue weighted by molar-refractivity contribution is 5.55. The third-order valence-electron chi connectivity index (χ3n) is 4.59. The molecular weight excluding hydrogens is 320 g/mol. The Labute approximate surface area is 143 Å². The van der Waals surface area contributed by atoms with Gasteiger partial charge in [0.25, 0.3) is 0 Å². The lowest BCUT2D eigenvalue weighted by Gasteiger charge is -2.18. The van der Waals surface area contributed by atoms with Crippen LogP contribution in [0.15, 0.2) is 41.1 Å². The van der Waals surface area contributed by atoms with Crippen molar-refractivity contribution in [1.29, 1.82) is 0 Å². The lowest BCUT2D eigenvalue weighted by Crippen LogP contribution is -2.15. The van der Waals surface area contributed by atoms with Gasteiger partial charge in [-0.25, -0.2) is 4.98 Å². The van der Waals surface area contributed by atoms with Gasteiger partial charge in [0.1, 0.15) is 19.0 Å². The Balaban J connectivity index is 1.35. The van der Waals surface area contributed by atoms with Crippen LogP contribution in [0.4, 0.5) is 5.82 Å². The summed E-state index contributed by atoms with van der Waals surface area (Å²) in [5.74, 6) is 3.89. The van der Waals surface area contributed by atoms with Gasteiger partial charge in [-0.1, -0.05) is 11.2 Å². The van der Waals surface area contributed by atoms with E-state index in [0.29, 0.717) is 36.7 Å². The first-order chi connectivity index (χ1) is 12.3. The van der Waals surface area contributed by atoms with Crippen LogP contribution in [0.1, 0.15) is 29.7 Å². The summed E-state index contributed by atoms with van der Waals surface area (Å²) in [4.78, 5) is 8.58. The molecule has 1 aromatic carbocycles. The third kappa shape index (κ3) is 2.57. The average molecular weight is 336 g/mol. The summed E-state index contributed by atoms with van der Waals surface area (Å²) >= 11 is 0. The van der Waals surface area contributed by atoms with Crippen molar-refractivity contribution in [2.45, 2.75) is 18.3 Å². The molecule has 1 aliphatic heterocycles. The van der Waals surface area contributed by atoms with E-state index in [1.54, 1.807) is 12.3 Å². The van der Waals surface area contributed by atoms with E-state index < -0.39 is 0 Å². The fourth-order valence-corrected chi connectivity index (χ4v) is 3.17. The summed E-state index contributed by atoms with van der Waals surface area (Å²) in [7, 11) is 0. The van der Waals surface area contributed by atoms with E-state index in [0.717, 1.165) is 23.5 Å². The van der Waals surface area contributed by atoms with Crippen LogP contribution in [0.5, 0.6) is 11.5 Å². The minimum Gasteiger partial charge on any atom is -0.486 e. The molecule has 7 heteroatoms. The first-order valence-electron chi connectivity index (χ1n) is 8.23. The number of nitrogen functional groups attached to an aromatic ring is 1. The van der Waals surface area contributed by atoms with Crippen molar-refractivity contribution in [3.63, 3.8) is 0 Å². The van der Waals surface area contributed by atoms with Crippen LogP contribution in [0.25, 0.3) is 11.4 Å². The van der Waals surface area contributed by atoms with E-state index in [1.807, 2.05) is 12.1 Å². The quantitative estimate of drug-likeness (QED) is 0.785. The van der Waals surface area contributed by atoms with Crippen LogP contribution in [-0.4, -0.2) is 28.3 Å². The first-order valence-corrected chi connectivity index (χ1v) is 8.23. The van der Waals surface area contributed by atoms with E-state index in [9.17, 15) is 0 Å². The molecule has 0 bridgehead atoms. The topological polar surface area (TPSA) is 96.3 Å². The zero-order valence-corrected chi connectivity index (χ0v) is 13.4. The molecule has 126 valence electrons. The maximum Gasteiger partial charge on any atom is 0.230 e. The van der Waals surface area contributed by atoms with Gasteiger partial charge < -0.3 is 19.7 Å². The molecule has 1 aliphatic carbocycles. The number of nitrogens with two attached hydrogens (primary N) is 1. The number of hydrogen-bond donors (Lipinski definition) is 1. The molecule has 25 heavy (non-hydrogen) atoms. The molecule has 1 fully saturated rings. The summed E-state index contributed by atoms with van der Waals surface area (Å²) < 4.78 is 16.7. The van der Waals surface area contributed by atoms with Gasteiger partial charge in [0.05, 0.1) is 0 Å². The molecule has 2 N–H and O–H groups in total. The van der Waals surface area contributed by atoms with Gasteiger partial charge in [0.15, 0.2) is 11.5 Å². The largest absolute Gasteiger partial charge is 0.486 e. The van der Waals surface area contributed by atoms with Crippen molar-refractivity contribution in [2.24, 2.45) is 0 Å². The van der Waals surface area contributed by atoms with Gasteiger partial charge in [0, 0.05) is 17.7 Å². The molecule has 2 unspecified atom stereocenters. The summed E-state index contributed by atoms with van der Waals surface area (Å²) in [6.07, 6.45) is 2.64. The van der Waals surface area contributed by atoms with Gasteiger partial charge in [-0.05, 0) is 42.2 Å². The lowest BCUT2D eigenvalue weighted by atomic mass is 10.1. The second-order valence-corrected chi connectivity index (χ2v) is 6.28. The maximum absolute atomic E-state index is 5.66. The van der Waals surface area contributed by atoms with Crippen molar-refractivity contribution >= 4 is 5.82 Å². The Hall–Kier alpha value is -3.09. The van der Waals surface area contributed by atoms with Crippen molar-refractivity contribution in [1.82, 2.24) is 15.1 Å². The summed E-state index contributed by atoms with van der Waals surface area (Å²) in [5.41, 5.74) is 7.61. The maximum atomic E-state index is 5.66. The number of rotatable bonds is 3. The zero-order valence-electron chi connectivity index (χ0n) is 13.4. The van der Waals surface area contributed by atoms with Gasteiger partial charge in [0.2, 0.25) is 11.7 Å². The van der Waals surface area contributed by atoms with E-state index >= 15 is 0 Å². The number of pyridine rings is 1. The molecule has 0 spiro atoms. The molecule has 2 aromatic heterocycles. The summed E-state index contributed by atoms with van der Waals surface area (Å²) in [6, 6.07) is 9.67. The van der Waals surface area contributed by atoms with E-state index in [2.05, 4.69) is 27.3 Å². The number of hydrogen-bond acceptors (Lipinski definition) is 7. The number of aromatic nitrogens is 3. The third-order valence-corrected chi connectivity index (χ3v) is 4.59. The molecule has 1 saturated carbocycles. The van der Waals surface area contributed by atoms with Gasteiger partial charge in [-0.3, -0.25) is 0 Å². The predicted molar refractivity (Wildman–Crippen MR) is 89.5 cm³/mol. The van der Waals surface area contributed by atoms with Crippen LogP contribution < -0.4 is 15.2 Å². The summed E-state index contributed by atoms with van der Waals surface area (Å²) in [6.45, 7) is 1.19. The lowest BCUT2D eigenvalue weighted by molar-refractivity contribution is 0.171. The average Bonchev–Trinajstić information content (AvgIpc) is 3.31. The first kappa shape index (κ1) is 14.3. The number of fused-ring (bicyclic) bond motifs is 1. The molecule has 3 aromatic rings. The van der Waals surface area contributed by atoms with E-state index in [1.165, 1.54) is 5.56 Å². The summed E-state index contributed by atoms with van der Waals surface area (Å²) in [5, 5.41) is 4.06. The van der Waals surface area contributed by atoms with E-state index in [4.69, 9.17) is 19.7 Å². The minimum atomic E-state index is 0.241. The monoisotopic (exact) mass is 336 g/mol. The van der Waals surface area contributed by atoms with Crippen LogP contribution in [0.2, 0.25) is 0 Å². The molecule has 2 aliphatic rings. The SMILES string of the molecule is Nc1ccc(-c2noc(C3CC3c3ccc4c(c3)OCCO4)n2)cn1. The number of ether oxygens (including phenoxy) is 2. The molecule has 0 saturated heterocycles. The second kappa shape index (κ2) is 5.47. The van der Waals surface area contributed by atoms with Crippen molar-refractivity contribution in [2.75, 3.05) is 18.9 Å². The van der Waals surface area contributed by atoms with Crippen molar-refractivity contribution in [3.05, 3.63) is 48.0 Å². The fourth-order valence-electron chi connectivity index (χ4n) is 3.17. The van der Waals surface area contributed by atoms with Gasteiger partial charge in [-0.2, -0.15) is 4.98 Å². The standard InChI is InChI=1S/C18H16N4O3/c19-16-4-2-11(9-20-16)17-21-18(25-22-17)13-8-12(13)10-1-3-14-15(7-10)24-6-5-23-14/h1-4,7,9,12-13H,5-6,8H2,(H2,19,20). The normalized spacial score (nSPS) is 21.1. The number of benzene rings is 1. The van der Waals surface area contributed by atoms with Crippen molar-refractivity contribution < 1.29 is 14.0 Å². The molecule has 0 radical (unpaired) electrons. The highest BCUT2D eigenvalue weighted by Crippen LogP contribution is 2.55. The molecule has 5 rings (SSSR count). The Morgan fingerprint density at radius 2 is 1.88 bits per heavy atom. The Morgan fingerprint density at radius 3 is 2.72 bits per heavy atom. The Bertz CT molecular complexity index is 922. The molecule has 0 amide bonds. The van der Waals surface area contributed by atoms with Crippen LogP contribution in [0, 0.1) is 0 Å². The van der Waals surface area contributed by atoms with E-state index in [-0.39, 0.29) is 5.92 Å². The fraction of sp³-hybridized carbons (Fsp3) is 0.278. The molecular formula is C18H16N4O3. The highest BCUT2D eigenvalue weighted by Gasteiger charge is 2.44. The Kier molecular flexibility index (Phi) is 3.12. The van der Waals surface area contributed by atoms with Crippen LogP contribution in [0.3, 0.4) is 0 Å². The number of nitrogens with zero attached hydrogens (tertiary/aromatic N) is 3. The second-order valence-electron chi connectivity index (χ2n) is 6.28. The minimum absolute atomic E-state index is 0.241. The van der Waals surface area contributed by atoms with Gasteiger partial charge in [-0.15, -0.1) is 0 Å². The Morgan fingerprint density at radius 1 is 1.00 bits per heavy atom. The van der Waals surface area contributed by atoms with Crippen LogP contribution >= 0.6 is 0 Å². The highest BCUT2D eigenvalue weighted by atomic mass is 16.6. The number of anilines is 1. The predicted octanol–water partition coefficient (Wildman–Crippen LogP) is 2.76. The zero-order chi connectivity index (χ0) is 16.8. The molecule has 7 nitrogen and oxygen atoms in total. The molecule has 3 heterocycles. The van der Waals surface area contributed by atoms with Crippen LogP contribution in [-0.2, 0) is 0 Å². The molecule has 2 atom stereocenters. The van der Waals surface area contributed by atoms with Gasteiger partial charge >= 0.3 is 0 Å². The van der Waals surface area contributed by atoms with Crippen molar-refractivity contribution in [3.8, 4) is 22.9 Å². The smallest absolute Gasteiger partial charge is 0.230 e.